The van der Waals surface area contributed by atoms with Crippen molar-refractivity contribution in [3.8, 4) is 0 Å². The first kappa shape index (κ1) is 9.22. The lowest BCUT2D eigenvalue weighted by Crippen LogP contribution is -2.30. The highest BCUT2D eigenvalue weighted by molar-refractivity contribution is 6.58. The Hall–Kier alpha value is -0.865. The molecule has 2 N–H and O–H groups in total. The molecule has 0 saturated heterocycles. The van der Waals surface area contributed by atoms with Crippen LogP contribution in [0.2, 0.25) is 0 Å². The Labute approximate surface area is 72.2 Å². The lowest BCUT2D eigenvalue weighted by molar-refractivity contribution is 0.425. The van der Waals surface area contributed by atoms with Crippen molar-refractivity contribution in [3.63, 3.8) is 0 Å². The van der Waals surface area contributed by atoms with E-state index in [-0.39, 0.29) is 0 Å². The van der Waals surface area contributed by atoms with Gasteiger partial charge in [-0.1, -0.05) is 19.9 Å². The summed E-state index contributed by atoms with van der Waals surface area (Å²) in [7, 11) is -1.42. The van der Waals surface area contributed by atoms with Crippen molar-refractivity contribution >= 4 is 12.6 Å². The predicted molar refractivity (Wildman–Crippen MR) is 48.2 cm³/mol. The van der Waals surface area contributed by atoms with E-state index in [9.17, 15) is 0 Å². The van der Waals surface area contributed by atoms with Gasteiger partial charge in [-0.15, -0.1) is 0 Å². The van der Waals surface area contributed by atoms with Crippen LogP contribution in [0, 0.1) is 0 Å². The van der Waals surface area contributed by atoms with Gasteiger partial charge in [0, 0.05) is 17.9 Å². The fraction of sp³-hybridized carbons (Fsp3) is 0.375. The van der Waals surface area contributed by atoms with E-state index in [4.69, 9.17) is 10.0 Å². The fourth-order valence-corrected chi connectivity index (χ4v) is 0.933. The van der Waals surface area contributed by atoms with Crippen molar-refractivity contribution in [2.75, 3.05) is 0 Å². The maximum atomic E-state index is 8.85. The van der Waals surface area contributed by atoms with Gasteiger partial charge in [-0.3, -0.25) is 4.98 Å². The van der Waals surface area contributed by atoms with Crippen LogP contribution in [-0.2, 0) is 0 Å². The molecular formula is C8H12BNO2. The molecule has 0 aliphatic carbocycles. The number of nitrogens with zero attached hydrogens (tertiary/aromatic N) is 1. The number of rotatable bonds is 2. The Kier molecular flexibility index (Phi) is 2.84. The molecule has 0 amide bonds. The molecule has 64 valence electrons. The Bertz CT molecular complexity index is 240. The van der Waals surface area contributed by atoms with Gasteiger partial charge in [0.1, 0.15) is 0 Å². The fourth-order valence-electron chi connectivity index (χ4n) is 0.933. The van der Waals surface area contributed by atoms with Crippen LogP contribution >= 0.6 is 0 Å². The Morgan fingerprint density at radius 3 is 2.50 bits per heavy atom. The number of aromatic nitrogens is 1. The van der Waals surface area contributed by atoms with Crippen LogP contribution in [0.4, 0.5) is 0 Å². The van der Waals surface area contributed by atoms with Crippen molar-refractivity contribution in [3.05, 3.63) is 24.0 Å². The van der Waals surface area contributed by atoms with Crippen LogP contribution in [0.3, 0.4) is 0 Å². The molecule has 0 saturated carbocycles. The zero-order valence-electron chi connectivity index (χ0n) is 7.23. The highest BCUT2D eigenvalue weighted by atomic mass is 16.4. The summed E-state index contributed by atoms with van der Waals surface area (Å²) in [6, 6.07) is 1.75. The number of pyridine rings is 1. The van der Waals surface area contributed by atoms with E-state index in [1.807, 2.05) is 13.8 Å². The molecular weight excluding hydrogens is 153 g/mol. The van der Waals surface area contributed by atoms with Crippen LogP contribution in [0.25, 0.3) is 0 Å². The van der Waals surface area contributed by atoms with E-state index in [0.29, 0.717) is 11.4 Å². The Morgan fingerprint density at radius 2 is 2.00 bits per heavy atom. The maximum absolute atomic E-state index is 8.85. The first-order valence-corrected chi connectivity index (χ1v) is 3.92. The summed E-state index contributed by atoms with van der Waals surface area (Å²) in [6.45, 7) is 4.06. The minimum atomic E-state index is -1.42. The van der Waals surface area contributed by atoms with E-state index >= 15 is 0 Å². The van der Waals surface area contributed by atoms with Crippen LogP contribution in [0.15, 0.2) is 18.5 Å². The molecule has 0 radical (unpaired) electrons. The molecule has 0 aliphatic rings. The van der Waals surface area contributed by atoms with Gasteiger partial charge in [0.25, 0.3) is 0 Å². The van der Waals surface area contributed by atoms with Gasteiger partial charge in [0.05, 0.1) is 0 Å². The van der Waals surface area contributed by atoms with Crippen molar-refractivity contribution in [2.45, 2.75) is 19.8 Å². The average molecular weight is 165 g/mol. The third-order valence-electron chi connectivity index (χ3n) is 1.75. The smallest absolute Gasteiger partial charge is 0.423 e. The molecule has 0 aliphatic heterocycles. The molecule has 0 fully saturated rings. The van der Waals surface area contributed by atoms with Gasteiger partial charge in [-0.2, -0.15) is 0 Å². The molecule has 0 atom stereocenters. The molecule has 0 aromatic carbocycles. The van der Waals surface area contributed by atoms with Crippen LogP contribution in [0.1, 0.15) is 25.3 Å². The molecule has 0 unspecified atom stereocenters. The zero-order valence-corrected chi connectivity index (χ0v) is 7.23. The topological polar surface area (TPSA) is 53.4 Å². The molecule has 1 rings (SSSR count). The highest BCUT2D eigenvalue weighted by Crippen LogP contribution is 2.10. The van der Waals surface area contributed by atoms with E-state index in [1.165, 1.54) is 6.20 Å². The zero-order chi connectivity index (χ0) is 9.14. The standard InChI is InChI=1S/C8H12BNO2/c1-6(2)7-3-8(9(11)12)5-10-4-7/h3-6,11-12H,1-2H3. The average Bonchev–Trinajstić information content (AvgIpc) is 2.04. The van der Waals surface area contributed by atoms with Crippen molar-refractivity contribution < 1.29 is 10.0 Å². The molecule has 1 aromatic heterocycles. The van der Waals surface area contributed by atoms with E-state index in [2.05, 4.69) is 4.98 Å². The Morgan fingerprint density at radius 1 is 1.33 bits per heavy atom. The maximum Gasteiger partial charge on any atom is 0.490 e. The van der Waals surface area contributed by atoms with E-state index < -0.39 is 7.12 Å². The molecule has 0 bridgehead atoms. The van der Waals surface area contributed by atoms with Crippen LogP contribution in [-0.4, -0.2) is 22.2 Å². The normalized spacial score (nSPS) is 10.4. The lowest BCUT2D eigenvalue weighted by Gasteiger charge is -2.05. The van der Waals surface area contributed by atoms with Gasteiger partial charge in [-0.05, 0) is 11.5 Å². The minimum Gasteiger partial charge on any atom is -0.423 e. The largest absolute Gasteiger partial charge is 0.490 e. The quantitative estimate of drug-likeness (QED) is 0.601. The van der Waals surface area contributed by atoms with Gasteiger partial charge in [0.15, 0.2) is 0 Å². The molecule has 0 spiro atoms. The SMILES string of the molecule is CC(C)c1cncc(B(O)O)c1. The van der Waals surface area contributed by atoms with Gasteiger partial charge in [0.2, 0.25) is 0 Å². The van der Waals surface area contributed by atoms with E-state index in [0.717, 1.165) is 5.56 Å². The molecule has 1 heterocycles. The highest BCUT2D eigenvalue weighted by Gasteiger charge is 2.12. The second-order valence-corrected chi connectivity index (χ2v) is 3.08. The summed E-state index contributed by atoms with van der Waals surface area (Å²) >= 11 is 0. The number of hydrogen-bond donors (Lipinski definition) is 2. The number of hydrogen-bond acceptors (Lipinski definition) is 3. The summed E-state index contributed by atoms with van der Waals surface area (Å²) in [5, 5.41) is 17.7. The van der Waals surface area contributed by atoms with Gasteiger partial charge >= 0.3 is 7.12 Å². The third kappa shape index (κ3) is 2.06. The molecule has 4 heteroatoms. The first-order valence-electron chi connectivity index (χ1n) is 3.92. The second kappa shape index (κ2) is 3.69. The molecule has 3 nitrogen and oxygen atoms in total. The summed E-state index contributed by atoms with van der Waals surface area (Å²) in [4.78, 5) is 3.91. The van der Waals surface area contributed by atoms with Crippen molar-refractivity contribution in [1.29, 1.82) is 0 Å². The van der Waals surface area contributed by atoms with Crippen LogP contribution in [0.5, 0.6) is 0 Å². The van der Waals surface area contributed by atoms with Crippen molar-refractivity contribution in [2.24, 2.45) is 0 Å². The van der Waals surface area contributed by atoms with Crippen molar-refractivity contribution in [1.82, 2.24) is 4.98 Å². The second-order valence-electron chi connectivity index (χ2n) is 3.08. The summed E-state index contributed by atoms with van der Waals surface area (Å²) in [5.41, 5.74) is 1.46. The summed E-state index contributed by atoms with van der Waals surface area (Å²) in [6.07, 6.45) is 3.19. The van der Waals surface area contributed by atoms with Gasteiger partial charge < -0.3 is 10.0 Å². The monoisotopic (exact) mass is 165 g/mol. The summed E-state index contributed by atoms with van der Waals surface area (Å²) in [5.74, 6) is 0.358. The van der Waals surface area contributed by atoms with Gasteiger partial charge in [-0.25, -0.2) is 0 Å². The summed E-state index contributed by atoms with van der Waals surface area (Å²) < 4.78 is 0. The Balaban J connectivity index is 2.96. The van der Waals surface area contributed by atoms with E-state index in [1.54, 1.807) is 12.3 Å². The third-order valence-corrected chi connectivity index (χ3v) is 1.75. The minimum absolute atomic E-state index is 0.358. The van der Waals surface area contributed by atoms with Crippen LogP contribution < -0.4 is 5.46 Å². The molecule has 1 aromatic rings. The lowest BCUT2D eigenvalue weighted by atomic mass is 9.80. The predicted octanol–water partition coefficient (Wildman–Crippen LogP) is -0.115. The first-order chi connectivity index (χ1) is 5.61. The molecule has 12 heavy (non-hydrogen) atoms.